The van der Waals surface area contributed by atoms with E-state index in [-0.39, 0.29) is 23.1 Å². The van der Waals surface area contributed by atoms with Crippen molar-refractivity contribution in [3.63, 3.8) is 0 Å². The second kappa shape index (κ2) is 9.90. The molecule has 4 rings (SSSR count). The summed E-state index contributed by atoms with van der Waals surface area (Å²) in [6, 6.07) is 16.3. The van der Waals surface area contributed by atoms with Crippen LogP contribution in [0.25, 0.3) is 0 Å². The molecule has 1 aliphatic heterocycles. The Morgan fingerprint density at radius 2 is 1.81 bits per heavy atom. The Bertz CT molecular complexity index is 1160. The predicted molar refractivity (Wildman–Crippen MR) is 119 cm³/mol. The van der Waals surface area contributed by atoms with Crippen LogP contribution in [0, 0.1) is 0 Å². The molecule has 1 atom stereocenters. The molecule has 3 aromatic rings. The topological polar surface area (TPSA) is 107 Å². The fourth-order valence-electron chi connectivity index (χ4n) is 3.25. The number of nitrogens with zero attached hydrogens (tertiary/aromatic N) is 1. The number of anilines is 1. The minimum Gasteiger partial charge on any atom is -0.457 e. The van der Waals surface area contributed by atoms with Gasteiger partial charge in [-0.2, -0.15) is 0 Å². The van der Waals surface area contributed by atoms with E-state index in [1.165, 1.54) is 12.1 Å². The first kappa shape index (κ1) is 21.9. The standard InChI is InChI=1S/C23H23N3O5S/c27-23(26-18-6-8-19(9-7-18)31-20-10-12-24-13-11-20)17-3-1-5-22(15-17)32(28,29)25-16-21-4-2-14-30-21/h1,3,5-13,15,21,25H,2,4,14,16H2,(H,26,27). The number of benzene rings is 2. The summed E-state index contributed by atoms with van der Waals surface area (Å²) in [5, 5.41) is 2.76. The lowest BCUT2D eigenvalue weighted by atomic mass is 10.2. The molecule has 2 aromatic carbocycles. The highest BCUT2D eigenvalue weighted by Gasteiger charge is 2.21. The lowest BCUT2D eigenvalue weighted by molar-refractivity contribution is 0.102. The number of carbonyl (C=O) groups is 1. The highest BCUT2D eigenvalue weighted by molar-refractivity contribution is 7.89. The zero-order chi connectivity index (χ0) is 22.4. The van der Waals surface area contributed by atoms with Crippen molar-refractivity contribution in [3.05, 3.63) is 78.6 Å². The monoisotopic (exact) mass is 453 g/mol. The molecule has 9 heteroatoms. The van der Waals surface area contributed by atoms with Crippen LogP contribution >= 0.6 is 0 Å². The number of hydrogen-bond donors (Lipinski definition) is 2. The largest absolute Gasteiger partial charge is 0.457 e. The Morgan fingerprint density at radius 3 is 2.53 bits per heavy atom. The van der Waals surface area contributed by atoms with E-state index >= 15 is 0 Å². The van der Waals surface area contributed by atoms with Gasteiger partial charge in [0, 0.05) is 36.8 Å². The lowest BCUT2D eigenvalue weighted by Gasteiger charge is -2.12. The number of ether oxygens (including phenoxy) is 2. The maximum atomic E-state index is 12.7. The summed E-state index contributed by atoms with van der Waals surface area (Å²) >= 11 is 0. The van der Waals surface area contributed by atoms with Crippen molar-refractivity contribution in [2.45, 2.75) is 23.8 Å². The molecule has 0 radical (unpaired) electrons. The smallest absolute Gasteiger partial charge is 0.255 e. The molecule has 0 aliphatic carbocycles. The molecular weight excluding hydrogens is 430 g/mol. The van der Waals surface area contributed by atoms with Gasteiger partial charge in [-0.1, -0.05) is 6.07 Å². The molecule has 1 fully saturated rings. The average molecular weight is 454 g/mol. The minimum absolute atomic E-state index is 0.0317. The Morgan fingerprint density at radius 1 is 1.06 bits per heavy atom. The molecule has 2 heterocycles. The first-order valence-electron chi connectivity index (χ1n) is 10.2. The Kier molecular flexibility index (Phi) is 6.79. The van der Waals surface area contributed by atoms with E-state index in [1.807, 2.05) is 0 Å². The fourth-order valence-corrected chi connectivity index (χ4v) is 4.36. The van der Waals surface area contributed by atoms with E-state index in [0.29, 0.717) is 23.8 Å². The molecule has 1 amide bonds. The third kappa shape index (κ3) is 5.70. The van der Waals surface area contributed by atoms with E-state index in [2.05, 4.69) is 15.0 Å². The number of carbonyl (C=O) groups excluding carboxylic acids is 1. The highest BCUT2D eigenvalue weighted by Crippen LogP contribution is 2.23. The van der Waals surface area contributed by atoms with Gasteiger partial charge >= 0.3 is 0 Å². The number of nitrogens with one attached hydrogen (secondary N) is 2. The van der Waals surface area contributed by atoms with Crippen LogP contribution in [0.3, 0.4) is 0 Å². The van der Waals surface area contributed by atoms with Crippen LogP contribution in [-0.4, -0.2) is 38.6 Å². The summed E-state index contributed by atoms with van der Waals surface area (Å²) in [5.74, 6) is 0.853. The molecule has 8 nitrogen and oxygen atoms in total. The van der Waals surface area contributed by atoms with Gasteiger partial charge < -0.3 is 14.8 Å². The minimum atomic E-state index is -3.74. The van der Waals surface area contributed by atoms with Crippen LogP contribution in [0.5, 0.6) is 11.5 Å². The molecule has 166 valence electrons. The number of amides is 1. The zero-order valence-electron chi connectivity index (χ0n) is 17.2. The van der Waals surface area contributed by atoms with E-state index in [9.17, 15) is 13.2 Å². The van der Waals surface area contributed by atoms with Crippen molar-refractivity contribution in [1.29, 1.82) is 0 Å². The summed E-state index contributed by atoms with van der Waals surface area (Å²) in [5.41, 5.74) is 0.795. The van der Waals surface area contributed by atoms with Crippen molar-refractivity contribution in [1.82, 2.24) is 9.71 Å². The van der Waals surface area contributed by atoms with Gasteiger partial charge in [-0.15, -0.1) is 0 Å². The van der Waals surface area contributed by atoms with Crippen LogP contribution in [0.1, 0.15) is 23.2 Å². The highest BCUT2D eigenvalue weighted by atomic mass is 32.2. The van der Waals surface area contributed by atoms with Gasteiger partial charge in [0.1, 0.15) is 11.5 Å². The molecule has 0 spiro atoms. The summed E-state index contributed by atoms with van der Waals surface area (Å²) in [6.07, 6.45) is 4.92. The third-order valence-corrected chi connectivity index (χ3v) is 6.35. The fraction of sp³-hybridized carbons (Fsp3) is 0.217. The Balaban J connectivity index is 1.39. The van der Waals surface area contributed by atoms with E-state index in [4.69, 9.17) is 9.47 Å². The van der Waals surface area contributed by atoms with Crippen LogP contribution in [0.4, 0.5) is 5.69 Å². The molecule has 0 saturated carbocycles. The van der Waals surface area contributed by atoms with E-state index in [0.717, 1.165) is 12.8 Å². The van der Waals surface area contributed by atoms with Crippen molar-refractivity contribution in [2.75, 3.05) is 18.5 Å². The maximum absolute atomic E-state index is 12.7. The number of sulfonamides is 1. The van der Waals surface area contributed by atoms with Crippen LogP contribution < -0.4 is 14.8 Å². The Labute approximate surface area is 186 Å². The quantitative estimate of drug-likeness (QED) is 0.540. The second-order valence-electron chi connectivity index (χ2n) is 7.28. The predicted octanol–water partition coefficient (Wildman–Crippen LogP) is 3.58. The van der Waals surface area contributed by atoms with Crippen molar-refractivity contribution in [2.24, 2.45) is 0 Å². The van der Waals surface area contributed by atoms with E-state index in [1.54, 1.807) is 60.9 Å². The molecule has 1 aliphatic rings. The van der Waals surface area contributed by atoms with Crippen LogP contribution in [0.15, 0.2) is 78.0 Å². The van der Waals surface area contributed by atoms with Gasteiger partial charge in [-0.3, -0.25) is 9.78 Å². The maximum Gasteiger partial charge on any atom is 0.255 e. The molecular formula is C23H23N3O5S. The van der Waals surface area contributed by atoms with Gasteiger partial charge in [-0.05, 0) is 67.4 Å². The van der Waals surface area contributed by atoms with Crippen molar-refractivity contribution >= 4 is 21.6 Å². The van der Waals surface area contributed by atoms with Crippen molar-refractivity contribution in [3.8, 4) is 11.5 Å². The molecule has 1 saturated heterocycles. The van der Waals surface area contributed by atoms with Gasteiger partial charge in [0.25, 0.3) is 5.91 Å². The van der Waals surface area contributed by atoms with Crippen molar-refractivity contribution < 1.29 is 22.7 Å². The first-order chi connectivity index (χ1) is 15.5. The first-order valence-corrected chi connectivity index (χ1v) is 11.7. The number of hydrogen-bond acceptors (Lipinski definition) is 6. The number of rotatable bonds is 8. The van der Waals surface area contributed by atoms with Gasteiger partial charge in [0.15, 0.2) is 0 Å². The molecule has 1 aromatic heterocycles. The molecule has 2 N–H and O–H groups in total. The summed E-state index contributed by atoms with van der Waals surface area (Å²) in [7, 11) is -3.74. The lowest BCUT2D eigenvalue weighted by Crippen LogP contribution is -2.32. The second-order valence-corrected chi connectivity index (χ2v) is 9.05. The van der Waals surface area contributed by atoms with Crippen LogP contribution in [-0.2, 0) is 14.8 Å². The molecule has 32 heavy (non-hydrogen) atoms. The molecule has 0 bridgehead atoms. The van der Waals surface area contributed by atoms with Gasteiger partial charge in [0.2, 0.25) is 10.0 Å². The number of pyridine rings is 1. The average Bonchev–Trinajstić information content (AvgIpc) is 3.34. The van der Waals surface area contributed by atoms with Crippen LogP contribution in [0.2, 0.25) is 0 Å². The zero-order valence-corrected chi connectivity index (χ0v) is 18.0. The van der Waals surface area contributed by atoms with Gasteiger partial charge in [0.05, 0.1) is 11.0 Å². The summed E-state index contributed by atoms with van der Waals surface area (Å²) in [6.45, 7) is 0.867. The normalized spacial score (nSPS) is 15.9. The summed E-state index contributed by atoms with van der Waals surface area (Å²) in [4.78, 5) is 16.6. The SMILES string of the molecule is O=C(Nc1ccc(Oc2ccncc2)cc1)c1cccc(S(=O)(=O)NCC2CCCO2)c1. The van der Waals surface area contributed by atoms with Gasteiger partial charge in [-0.25, -0.2) is 13.1 Å². The molecule has 1 unspecified atom stereocenters. The Hall–Kier alpha value is -3.27. The number of aromatic nitrogens is 1. The summed E-state index contributed by atoms with van der Waals surface area (Å²) < 4.78 is 38.9. The third-order valence-electron chi connectivity index (χ3n) is 4.93. The van der Waals surface area contributed by atoms with E-state index < -0.39 is 15.9 Å².